The van der Waals surface area contributed by atoms with Crippen molar-refractivity contribution in [2.45, 2.75) is 32.7 Å². The van der Waals surface area contributed by atoms with Gasteiger partial charge in [-0.15, -0.1) is 0 Å². The van der Waals surface area contributed by atoms with Gasteiger partial charge in [0.1, 0.15) is 11.5 Å². The van der Waals surface area contributed by atoms with E-state index in [1.54, 1.807) is 6.08 Å². The minimum absolute atomic E-state index is 0.0322. The lowest BCUT2D eigenvalue weighted by Gasteiger charge is -2.21. The molecular weight excluding hydrogens is 276 g/mol. The fourth-order valence-electron chi connectivity index (χ4n) is 2.93. The molecule has 1 saturated heterocycles. The number of carbonyl (C=O) groups excluding carboxylic acids is 1. The van der Waals surface area contributed by atoms with E-state index in [-0.39, 0.29) is 11.9 Å². The standard InChI is InChI=1S/C18H20N2O2/c1-13(15-7-4-3-5-8-15)11-18(21)20-10-6-9-17(20)16-12-14(2)22-19-16/h3-5,7-8,11-12,17H,6,9-10H2,1-2H3/b13-11+. The van der Waals surface area contributed by atoms with Crippen LogP contribution in [-0.2, 0) is 4.79 Å². The molecule has 1 aromatic heterocycles. The molecule has 0 spiro atoms. The Morgan fingerprint density at radius 2 is 2.14 bits per heavy atom. The smallest absolute Gasteiger partial charge is 0.247 e. The quantitative estimate of drug-likeness (QED) is 0.810. The predicted octanol–water partition coefficient (Wildman–Crippen LogP) is 3.75. The zero-order chi connectivity index (χ0) is 15.5. The number of carbonyl (C=O) groups is 1. The highest BCUT2D eigenvalue weighted by atomic mass is 16.5. The molecule has 4 nitrogen and oxygen atoms in total. The maximum absolute atomic E-state index is 12.6. The summed E-state index contributed by atoms with van der Waals surface area (Å²) in [6.45, 7) is 4.61. The summed E-state index contributed by atoms with van der Waals surface area (Å²) in [6, 6.07) is 11.9. The number of aromatic nitrogens is 1. The monoisotopic (exact) mass is 296 g/mol. The highest BCUT2D eigenvalue weighted by Gasteiger charge is 2.31. The molecule has 0 bridgehead atoms. The second-order valence-corrected chi connectivity index (χ2v) is 5.75. The number of hydrogen-bond acceptors (Lipinski definition) is 3. The van der Waals surface area contributed by atoms with Crippen LogP contribution in [0.4, 0.5) is 0 Å². The molecule has 22 heavy (non-hydrogen) atoms. The number of benzene rings is 1. The van der Waals surface area contributed by atoms with E-state index in [1.165, 1.54) is 0 Å². The minimum Gasteiger partial charge on any atom is -0.361 e. The molecule has 0 radical (unpaired) electrons. The zero-order valence-electron chi connectivity index (χ0n) is 13.0. The topological polar surface area (TPSA) is 46.3 Å². The average molecular weight is 296 g/mol. The average Bonchev–Trinajstić information content (AvgIpc) is 3.16. The second kappa shape index (κ2) is 6.18. The fourth-order valence-corrected chi connectivity index (χ4v) is 2.93. The van der Waals surface area contributed by atoms with Crippen molar-refractivity contribution < 1.29 is 9.32 Å². The maximum atomic E-state index is 12.6. The second-order valence-electron chi connectivity index (χ2n) is 5.75. The molecule has 0 N–H and O–H groups in total. The summed E-state index contributed by atoms with van der Waals surface area (Å²) >= 11 is 0. The van der Waals surface area contributed by atoms with E-state index in [0.717, 1.165) is 42.0 Å². The van der Waals surface area contributed by atoms with Gasteiger partial charge in [0.2, 0.25) is 5.91 Å². The van der Waals surface area contributed by atoms with E-state index >= 15 is 0 Å². The molecule has 114 valence electrons. The van der Waals surface area contributed by atoms with Crippen LogP contribution in [0.25, 0.3) is 5.57 Å². The molecule has 1 aliphatic rings. The first-order valence-electron chi connectivity index (χ1n) is 7.62. The summed E-state index contributed by atoms with van der Waals surface area (Å²) in [4.78, 5) is 14.5. The third-order valence-corrected chi connectivity index (χ3v) is 4.09. The normalized spacial score (nSPS) is 18.7. The van der Waals surface area contributed by atoms with Crippen LogP contribution in [0.1, 0.15) is 42.8 Å². The minimum atomic E-state index is 0.0322. The summed E-state index contributed by atoms with van der Waals surface area (Å²) < 4.78 is 5.15. The van der Waals surface area contributed by atoms with E-state index in [4.69, 9.17) is 4.52 Å². The number of likely N-dealkylation sites (tertiary alicyclic amines) is 1. The lowest BCUT2D eigenvalue weighted by molar-refractivity contribution is -0.126. The molecule has 1 aromatic carbocycles. The largest absolute Gasteiger partial charge is 0.361 e. The molecule has 1 unspecified atom stereocenters. The molecule has 1 atom stereocenters. The van der Waals surface area contributed by atoms with E-state index in [1.807, 2.05) is 55.1 Å². The van der Waals surface area contributed by atoms with Crippen molar-refractivity contribution in [3.05, 3.63) is 59.5 Å². The summed E-state index contributed by atoms with van der Waals surface area (Å²) in [5, 5.41) is 4.08. The van der Waals surface area contributed by atoms with Gasteiger partial charge in [-0.1, -0.05) is 35.5 Å². The van der Waals surface area contributed by atoms with Crippen molar-refractivity contribution in [2.24, 2.45) is 0 Å². The van der Waals surface area contributed by atoms with Crippen molar-refractivity contribution in [1.82, 2.24) is 10.1 Å². The van der Waals surface area contributed by atoms with Crippen LogP contribution in [0.3, 0.4) is 0 Å². The summed E-state index contributed by atoms with van der Waals surface area (Å²) in [6.07, 6.45) is 3.66. The van der Waals surface area contributed by atoms with Gasteiger partial charge in [-0.25, -0.2) is 0 Å². The van der Waals surface area contributed by atoms with E-state index in [0.29, 0.717) is 0 Å². The van der Waals surface area contributed by atoms with Crippen molar-refractivity contribution >= 4 is 11.5 Å². The number of aryl methyl sites for hydroxylation is 1. The predicted molar refractivity (Wildman–Crippen MR) is 85.0 cm³/mol. The molecule has 0 aliphatic carbocycles. The van der Waals surface area contributed by atoms with Gasteiger partial charge >= 0.3 is 0 Å². The van der Waals surface area contributed by atoms with Crippen LogP contribution in [0.15, 0.2) is 47.0 Å². The number of rotatable bonds is 3. The molecule has 4 heteroatoms. The van der Waals surface area contributed by atoms with Crippen molar-refractivity contribution in [3.63, 3.8) is 0 Å². The molecule has 1 fully saturated rings. The fraction of sp³-hybridized carbons (Fsp3) is 0.333. The molecule has 2 heterocycles. The Kier molecular flexibility index (Phi) is 4.09. The Bertz CT molecular complexity index is 688. The first-order valence-corrected chi connectivity index (χ1v) is 7.62. The van der Waals surface area contributed by atoms with Crippen molar-refractivity contribution in [3.8, 4) is 0 Å². The molecule has 3 rings (SSSR count). The number of allylic oxidation sites excluding steroid dienone is 1. The van der Waals surface area contributed by atoms with Gasteiger partial charge in [-0.05, 0) is 37.8 Å². The molecular formula is C18H20N2O2. The van der Waals surface area contributed by atoms with Crippen molar-refractivity contribution in [2.75, 3.05) is 6.54 Å². The van der Waals surface area contributed by atoms with Crippen LogP contribution in [0, 0.1) is 6.92 Å². The van der Waals surface area contributed by atoms with Gasteiger partial charge in [-0.3, -0.25) is 4.79 Å². The van der Waals surface area contributed by atoms with Crippen LogP contribution in [-0.4, -0.2) is 22.5 Å². The highest BCUT2D eigenvalue weighted by molar-refractivity contribution is 5.95. The highest BCUT2D eigenvalue weighted by Crippen LogP contribution is 2.32. The van der Waals surface area contributed by atoms with Gasteiger partial charge in [0.05, 0.1) is 6.04 Å². The first-order chi connectivity index (χ1) is 10.6. The van der Waals surface area contributed by atoms with Gasteiger partial charge in [0.25, 0.3) is 0 Å². The first kappa shape index (κ1) is 14.6. The number of nitrogens with zero attached hydrogens (tertiary/aromatic N) is 2. The Balaban J connectivity index is 1.79. The Labute approximate surface area is 130 Å². The lowest BCUT2D eigenvalue weighted by atomic mass is 10.1. The lowest BCUT2D eigenvalue weighted by Crippen LogP contribution is -2.29. The van der Waals surface area contributed by atoms with Crippen LogP contribution >= 0.6 is 0 Å². The van der Waals surface area contributed by atoms with E-state index in [9.17, 15) is 4.79 Å². The molecule has 1 amide bonds. The van der Waals surface area contributed by atoms with Gasteiger partial charge in [0.15, 0.2) is 0 Å². The summed E-state index contributed by atoms with van der Waals surface area (Å²) in [5.74, 6) is 0.829. The Morgan fingerprint density at radius 3 is 2.82 bits per heavy atom. The SMILES string of the molecule is C/C(=C\C(=O)N1CCCC1c1cc(C)on1)c1ccccc1. The van der Waals surface area contributed by atoms with Crippen LogP contribution in [0.2, 0.25) is 0 Å². The Morgan fingerprint density at radius 1 is 1.36 bits per heavy atom. The molecule has 2 aromatic rings. The van der Waals surface area contributed by atoms with Crippen LogP contribution in [0.5, 0.6) is 0 Å². The summed E-state index contributed by atoms with van der Waals surface area (Å²) in [5.41, 5.74) is 2.91. The number of hydrogen-bond donors (Lipinski definition) is 0. The van der Waals surface area contributed by atoms with E-state index < -0.39 is 0 Å². The zero-order valence-corrected chi connectivity index (χ0v) is 13.0. The third kappa shape index (κ3) is 2.96. The summed E-state index contributed by atoms with van der Waals surface area (Å²) in [7, 11) is 0. The third-order valence-electron chi connectivity index (χ3n) is 4.09. The van der Waals surface area contributed by atoms with Crippen molar-refractivity contribution in [1.29, 1.82) is 0 Å². The van der Waals surface area contributed by atoms with Gasteiger partial charge in [-0.2, -0.15) is 0 Å². The Hall–Kier alpha value is -2.36. The van der Waals surface area contributed by atoms with Crippen LogP contribution < -0.4 is 0 Å². The maximum Gasteiger partial charge on any atom is 0.247 e. The molecule has 1 aliphatic heterocycles. The van der Waals surface area contributed by atoms with E-state index in [2.05, 4.69) is 5.16 Å². The van der Waals surface area contributed by atoms with Gasteiger partial charge < -0.3 is 9.42 Å². The number of amides is 1. The van der Waals surface area contributed by atoms with Gasteiger partial charge in [0, 0.05) is 18.7 Å². The molecule has 0 saturated carbocycles.